The first-order valence-corrected chi connectivity index (χ1v) is 11.6. The summed E-state index contributed by atoms with van der Waals surface area (Å²) in [7, 11) is 1.63. The van der Waals surface area contributed by atoms with Gasteiger partial charge in [0.2, 0.25) is 0 Å². The van der Waals surface area contributed by atoms with E-state index < -0.39 is 0 Å². The molecule has 34 heavy (non-hydrogen) atoms. The highest BCUT2D eigenvalue weighted by Gasteiger charge is 2.16. The third-order valence-electron chi connectivity index (χ3n) is 5.10. The summed E-state index contributed by atoms with van der Waals surface area (Å²) in [6.07, 6.45) is 0. The molecule has 2 aromatic heterocycles. The Kier molecular flexibility index (Phi) is 6.31. The van der Waals surface area contributed by atoms with Crippen LogP contribution in [0.4, 0.5) is 11.6 Å². The van der Waals surface area contributed by atoms with Crippen LogP contribution in [-0.4, -0.2) is 27.3 Å². The number of hydrogen-bond donors (Lipinski definition) is 2. The zero-order valence-electron chi connectivity index (χ0n) is 18.8. The molecule has 0 amide bonds. The molecule has 5 rings (SSSR count). The fourth-order valence-corrected chi connectivity index (χ4v) is 4.25. The number of rotatable bonds is 8. The number of nitrogens with one attached hydrogen (secondary N) is 2. The normalized spacial score (nSPS) is 10.9. The maximum atomic E-state index is 6.11. The monoisotopic (exact) mass is 469 g/mol. The highest BCUT2D eigenvalue weighted by molar-refractivity contribution is 7.99. The van der Waals surface area contributed by atoms with Crippen LogP contribution in [0.25, 0.3) is 10.9 Å². The van der Waals surface area contributed by atoms with Crippen molar-refractivity contribution in [2.75, 3.05) is 12.4 Å². The second kappa shape index (κ2) is 9.84. The van der Waals surface area contributed by atoms with E-state index in [1.54, 1.807) is 7.11 Å². The Balaban J connectivity index is 1.55. The third-order valence-corrected chi connectivity index (χ3v) is 5.98. The molecule has 0 spiro atoms. The Morgan fingerprint density at radius 2 is 1.68 bits per heavy atom. The van der Waals surface area contributed by atoms with Gasteiger partial charge in [0.15, 0.2) is 22.5 Å². The summed E-state index contributed by atoms with van der Waals surface area (Å²) in [6, 6.07) is 25.8. The van der Waals surface area contributed by atoms with E-state index in [-0.39, 0.29) is 0 Å². The van der Waals surface area contributed by atoms with Crippen molar-refractivity contribution in [3.8, 4) is 11.5 Å². The standard InChI is InChI=1S/C26H23N5O2S/c1-17-13-24(31-30-17)28-25-20-14-22(32-2)23(33-16-18-9-5-3-6-10-18)15-21(20)27-26(29-25)34-19-11-7-4-8-12-19/h3-15H,16H2,1-2H3,(H2,27,28,29,30,31). The van der Waals surface area contributed by atoms with Gasteiger partial charge in [-0.1, -0.05) is 48.5 Å². The van der Waals surface area contributed by atoms with Crippen molar-refractivity contribution in [3.63, 3.8) is 0 Å². The predicted molar refractivity (Wildman–Crippen MR) is 134 cm³/mol. The number of anilines is 2. The number of aromatic nitrogens is 4. The fraction of sp³-hybridized carbons (Fsp3) is 0.115. The smallest absolute Gasteiger partial charge is 0.195 e. The van der Waals surface area contributed by atoms with Crippen LogP contribution < -0.4 is 14.8 Å². The van der Waals surface area contributed by atoms with E-state index in [1.165, 1.54) is 11.8 Å². The molecule has 0 atom stereocenters. The van der Waals surface area contributed by atoms with E-state index in [4.69, 9.17) is 19.4 Å². The summed E-state index contributed by atoms with van der Waals surface area (Å²) in [6.45, 7) is 2.38. The van der Waals surface area contributed by atoms with Gasteiger partial charge in [0.25, 0.3) is 0 Å². The molecule has 8 heteroatoms. The van der Waals surface area contributed by atoms with E-state index in [0.717, 1.165) is 27.1 Å². The minimum Gasteiger partial charge on any atom is -0.493 e. The molecule has 2 N–H and O–H groups in total. The molecule has 2 heterocycles. The van der Waals surface area contributed by atoms with E-state index in [9.17, 15) is 0 Å². The van der Waals surface area contributed by atoms with E-state index >= 15 is 0 Å². The molecule has 0 aliphatic carbocycles. The summed E-state index contributed by atoms with van der Waals surface area (Å²) in [5, 5.41) is 12.0. The largest absolute Gasteiger partial charge is 0.493 e. The van der Waals surface area contributed by atoms with Crippen LogP contribution in [0.3, 0.4) is 0 Å². The summed E-state index contributed by atoms with van der Waals surface area (Å²) in [5.74, 6) is 2.55. The molecule has 0 aliphatic heterocycles. The van der Waals surface area contributed by atoms with Gasteiger partial charge in [0.1, 0.15) is 12.4 Å². The van der Waals surface area contributed by atoms with Crippen LogP contribution in [0, 0.1) is 6.92 Å². The molecule has 0 bridgehead atoms. The number of nitrogens with zero attached hydrogens (tertiary/aromatic N) is 3. The molecule has 0 fully saturated rings. The highest BCUT2D eigenvalue weighted by Crippen LogP contribution is 2.37. The minimum atomic E-state index is 0.428. The van der Waals surface area contributed by atoms with Gasteiger partial charge in [-0.25, -0.2) is 9.97 Å². The number of ether oxygens (including phenoxy) is 2. The number of H-pyrrole nitrogens is 1. The molecular formula is C26H23N5O2S. The molecule has 0 aliphatic rings. The summed E-state index contributed by atoms with van der Waals surface area (Å²) in [5.41, 5.74) is 2.77. The Labute approximate surface area is 201 Å². The Bertz CT molecular complexity index is 1410. The van der Waals surface area contributed by atoms with Gasteiger partial charge in [-0.3, -0.25) is 5.10 Å². The molecular weight excluding hydrogens is 446 g/mol. The average molecular weight is 470 g/mol. The van der Waals surface area contributed by atoms with Crippen molar-refractivity contribution < 1.29 is 9.47 Å². The first-order valence-electron chi connectivity index (χ1n) is 10.8. The summed E-state index contributed by atoms with van der Waals surface area (Å²) >= 11 is 1.50. The van der Waals surface area contributed by atoms with Gasteiger partial charge >= 0.3 is 0 Å². The Hall–Kier alpha value is -4.04. The van der Waals surface area contributed by atoms with Crippen molar-refractivity contribution >= 4 is 34.3 Å². The van der Waals surface area contributed by atoms with Gasteiger partial charge in [-0.2, -0.15) is 5.10 Å². The number of benzene rings is 3. The lowest BCUT2D eigenvalue weighted by Crippen LogP contribution is -2.02. The first-order chi connectivity index (χ1) is 16.7. The molecule has 7 nitrogen and oxygen atoms in total. The summed E-state index contributed by atoms with van der Waals surface area (Å²) < 4.78 is 11.8. The van der Waals surface area contributed by atoms with E-state index in [2.05, 4.69) is 15.5 Å². The zero-order chi connectivity index (χ0) is 23.3. The van der Waals surface area contributed by atoms with Crippen molar-refractivity contribution in [3.05, 3.63) is 90.1 Å². The fourth-order valence-electron chi connectivity index (χ4n) is 3.46. The van der Waals surface area contributed by atoms with Crippen molar-refractivity contribution in [1.29, 1.82) is 0 Å². The average Bonchev–Trinajstić information content (AvgIpc) is 3.28. The maximum absolute atomic E-state index is 6.11. The minimum absolute atomic E-state index is 0.428. The molecule has 0 saturated heterocycles. The van der Waals surface area contributed by atoms with Crippen molar-refractivity contribution in [2.45, 2.75) is 23.6 Å². The van der Waals surface area contributed by atoms with Gasteiger partial charge in [0.05, 0.1) is 12.6 Å². The highest BCUT2D eigenvalue weighted by atomic mass is 32.2. The van der Waals surface area contributed by atoms with Crippen LogP contribution in [0.2, 0.25) is 0 Å². The molecule has 3 aromatic carbocycles. The van der Waals surface area contributed by atoms with E-state index in [1.807, 2.05) is 85.8 Å². The maximum Gasteiger partial charge on any atom is 0.195 e. The zero-order valence-corrected chi connectivity index (χ0v) is 19.6. The van der Waals surface area contributed by atoms with Crippen LogP contribution >= 0.6 is 11.8 Å². The van der Waals surface area contributed by atoms with Crippen LogP contribution in [0.15, 0.2) is 88.9 Å². The molecule has 0 saturated carbocycles. The SMILES string of the molecule is COc1cc2c(Nc3cc(C)[nH]n3)nc(Sc3ccccc3)nc2cc1OCc1ccccc1. The quantitative estimate of drug-likeness (QED) is 0.264. The second-order valence-electron chi connectivity index (χ2n) is 7.63. The lowest BCUT2D eigenvalue weighted by atomic mass is 10.2. The summed E-state index contributed by atoms with van der Waals surface area (Å²) in [4.78, 5) is 10.7. The third kappa shape index (κ3) is 4.97. The van der Waals surface area contributed by atoms with Crippen LogP contribution in [0.1, 0.15) is 11.3 Å². The number of aryl methyl sites for hydroxylation is 1. The van der Waals surface area contributed by atoms with E-state index in [0.29, 0.717) is 34.9 Å². The van der Waals surface area contributed by atoms with Gasteiger partial charge in [-0.15, -0.1) is 0 Å². The lowest BCUT2D eigenvalue weighted by molar-refractivity contribution is 0.285. The Morgan fingerprint density at radius 1 is 0.912 bits per heavy atom. The predicted octanol–water partition coefficient (Wildman–Crippen LogP) is 6.14. The van der Waals surface area contributed by atoms with Crippen LogP contribution in [-0.2, 0) is 6.61 Å². The first kappa shape index (κ1) is 21.8. The lowest BCUT2D eigenvalue weighted by Gasteiger charge is -2.14. The Morgan fingerprint density at radius 3 is 2.38 bits per heavy atom. The number of aromatic amines is 1. The molecule has 5 aromatic rings. The van der Waals surface area contributed by atoms with Crippen molar-refractivity contribution in [1.82, 2.24) is 20.2 Å². The number of fused-ring (bicyclic) bond motifs is 1. The molecule has 0 unspecified atom stereocenters. The van der Waals surface area contributed by atoms with Crippen molar-refractivity contribution in [2.24, 2.45) is 0 Å². The topological polar surface area (TPSA) is 85.0 Å². The van der Waals surface area contributed by atoms with Gasteiger partial charge in [-0.05, 0) is 42.4 Å². The molecule has 170 valence electrons. The number of methoxy groups -OCH3 is 1. The van der Waals surface area contributed by atoms with Gasteiger partial charge < -0.3 is 14.8 Å². The molecule has 0 radical (unpaired) electrons. The van der Waals surface area contributed by atoms with Crippen LogP contribution in [0.5, 0.6) is 11.5 Å². The van der Waals surface area contributed by atoms with Gasteiger partial charge in [0, 0.05) is 28.1 Å². The number of hydrogen-bond acceptors (Lipinski definition) is 7. The second-order valence-corrected chi connectivity index (χ2v) is 8.67.